The van der Waals surface area contributed by atoms with Gasteiger partial charge in [0.15, 0.2) is 0 Å². The number of nitrogens with one attached hydrogen (secondary N) is 1. The van der Waals surface area contributed by atoms with Crippen molar-refractivity contribution in [1.29, 1.82) is 0 Å². The summed E-state index contributed by atoms with van der Waals surface area (Å²) < 4.78 is 0. The molecular formula is C13H19N3OS. The summed E-state index contributed by atoms with van der Waals surface area (Å²) in [5.74, 6) is 1.08. The molecule has 0 unspecified atom stereocenters. The largest absolute Gasteiger partial charge is 0.338 e. The number of thiazole rings is 1. The topological polar surface area (TPSA) is 45.2 Å². The van der Waals surface area contributed by atoms with Gasteiger partial charge in [-0.15, -0.1) is 11.3 Å². The third-order valence-electron chi connectivity index (χ3n) is 3.82. The molecule has 1 aromatic heterocycles. The summed E-state index contributed by atoms with van der Waals surface area (Å²) in [5, 5.41) is 3.63. The zero-order valence-corrected chi connectivity index (χ0v) is 11.3. The first-order chi connectivity index (χ1) is 8.83. The monoisotopic (exact) mass is 265 g/mol. The lowest BCUT2D eigenvalue weighted by Gasteiger charge is -2.32. The Balaban J connectivity index is 1.45. The van der Waals surface area contributed by atoms with Crippen molar-refractivity contribution in [1.82, 2.24) is 15.2 Å². The van der Waals surface area contributed by atoms with E-state index in [1.165, 1.54) is 30.7 Å². The van der Waals surface area contributed by atoms with E-state index >= 15 is 0 Å². The molecule has 1 aliphatic heterocycles. The molecule has 4 nitrogen and oxygen atoms in total. The molecule has 1 aromatic rings. The van der Waals surface area contributed by atoms with Crippen molar-refractivity contribution in [2.45, 2.75) is 31.7 Å². The van der Waals surface area contributed by atoms with Crippen LogP contribution >= 0.6 is 11.3 Å². The minimum absolute atomic E-state index is 0.151. The minimum atomic E-state index is 0.151. The molecule has 1 saturated carbocycles. The number of rotatable bonds is 4. The molecule has 2 fully saturated rings. The summed E-state index contributed by atoms with van der Waals surface area (Å²) in [5.41, 5.74) is 1.72. The standard InChI is InChI=1S/C13H19N3OS/c17-13(12-8-14-9-18-12)16-5-3-11(4-6-16)15-7-10-1-2-10/h8-11,15H,1-7H2. The molecule has 1 amide bonds. The summed E-state index contributed by atoms with van der Waals surface area (Å²) in [6.07, 6.45) is 6.63. The maximum Gasteiger partial charge on any atom is 0.265 e. The zero-order valence-electron chi connectivity index (χ0n) is 10.5. The number of hydrogen-bond acceptors (Lipinski definition) is 4. The number of nitrogens with zero attached hydrogens (tertiary/aromatic N) is 2. The molecule has 0 bridgehead atoms. The molecule has 18 heavy (non-hydrogen) atoms. The first-order valence-corrected chi connectivity index (χ1v) is 7.62. The van der Waals surface area contributed by atoms with Crippen molar-refractivity contribution in [2.24, 2.45) is 5.92 Å². The quantitative estimate of drug-likeness (QED) is 0.902. The van der Waals surface area contributed by atoms with E-state index in [1.807, 2.05) is 4.90 Å². The van der Waals surface area contributed by atoms with Crippen LogP contribution in [0.1, 0.15) is 35.4 Å². The van der Waals surface area contributed by atoms with Gasteiger partial charge in [0, 0.05) is 19.1 Å². The molecular weight excluding hydrogens is 246 g/mol. The molecule has 2 heterocycles. The molecule has 0 radical (unpaired) electrons. The summed E-state index contributed by atoms with van der Waals surface area (Å²) in [6.45, 7) is 2.92. The van der Waals surface area contributed by atoms with Crippen LogP contribution in [0, 0.1) is 5.92 Å². The average molecular weight is 265 g/mol. The molecule has 1 N–H and O–H groups in total. The Hall–Kier alpha value is -0.940. The second kappa shape index (κ2) is 5.36. The first-order valence-electron chi connectivity index (χ1n) is 6.74. The van der Waals surface area contributed by atoms with Crippen molar-refractivity contribution < 1.29 is 4.79 Å². The third-order valence-corrected chi connectivity index (χ3v) is 4.58. The predicted molar refractivity (Wildman–Crippen MR) is 71.8 cm³/mol. The van der Waals surface area contributed by atoms with Crippen LogP contribution in [0.15, 0.2) is 11.7 Å². The number of likely N-dealkylation sites (tertiary alicyclic amines) is 1. The van der Waals surface area contributed by atoms with Gasteiger partial charge in [0.25, 0.3) is 5.91 Å². The lowest BCUT2D eigenvalue weighted by atomic mass is 10.0. The van der Waals surface area contributed by atoms with Crippen LogP contribution in [-0.4, -0.2) is 41.5 Å². The highest BCUT2D eigenvalue weighted by atomic mass is 32.1. The lowest BCUT2D eigenvalue weighted by molar-refractivity contribution is 0.0709. The summed E-state index contributed by atoms with van der Waals surface area (Å²) >= 11 is 1.43. The highest BCUT2D eigenvalue weighted by Gasteiger charge is 2.26. The van der Waals surface area contributed by atoms with Gasteiger partial charge in [-0.3, -0.25) is 9.78 Å². The van der Waals surface area contributed by atoms with Crippen LogP contribution in [-0.2, 0) is 0 Å². The van der Waals surface area contributed by atoms with Gasteiger partial charge in [-0.25, -0.2) is 0 Å². The molecule has 1 saturated heterocycles. The van der Waals surface area contributed by atoms with Gasteiger partial charge >= 0.3 is 0 Å². The SMILES string of the molecule is O=C(c1cncs1)N1CCC(NCC2CC2)CC1. The highest BCUT2D eigenvalue weighted by molar-refractivity contribution is 7.11. The fraction of sp³-hybridized carbons (Fsp3) is 0.692. The first kappa shape index (κ1) is 12.1. The van der Waals surface area contributed by atoms with Crippen molar-refractivity contribution in [3.05, 3.63) is 16.6 Å². The molecule has 2 aliphatic rings. The summed E-state index contributed by atoms with van der Waals surface area (Å²) in [6, 6.07) is 0.608. The molecule has 0 spiro atoms. The van der Waals surface area contributed by atoms with Gasteiger partial charge in [-0.05, 0) is 38.1 Å². The van der Waals surface area contributed by atoms with E-state index in [2.05, 4.69) is 10.3 Å². The van der Waals surface area contributed by atoms with Crippen LogP contribution in [0.3, 0.4) is 0 Å². The Kier molecular flexibility index (Phi) is 3.61. The van der Waals surface area contributed by atoms with Gasteiger partial charge in [0.05, 0.1) is 11.7 Å². The van der Waals surface area contributed by atoms with Crippen molar-refractivity contribution in [2.75, 3.05) is 19.6 Å². The van der Waals surface area contributed by atoms with Crippen molar-refractivity contribution in [3.8, 4) is 0 Å². The van der Waals surface area contributed by atoms with E-state index in [4.69, 9.17) is 0 Å². The second-order valence-corrected chi connectivity index (χ2v) is 6.17. The van der Waals surface area contributed by atoms with E-state index in [1.54, 1.807) is 11.7 Å². The Labute approximate surface area is 111 Å². The van der Waals surface area contributed by atoms with Crippen LogP contribution in [0.25, 0.3) is 0 Å². The zero-order chi connectivity index (χ0) is 12.4. The van der Waals surface area contributed by atoms with E-state index in [9.17, 15) is 4.79 Å². The van der Waals surface area contributed by atoms with Gasteiger partial charge in [0.1, 0.15) is 4.88 Å². The molecule has 0 atom stereocenters. The van der Waals surface area contributed by atoms with Crippen molar-refractivity contribution >= 4 is 17.2 Å². The Morgan fingerprint density at radius 1 is 1.39 bits per heavy atom. The predicted octanol–water partition coefficient (Wildman–Crippen LogP) is 1.75. The highest BCUT2D eigenvalue weighted by Crippen LogP contribution is 2.28. The number of carbonyl (C=O) groups excluding carboxylic acids is 1. The van der Waals surface area contributed by atoms with Crippen molar-refractivity contribution in [3.63, 3.8) is 0 Å². The maximum atomic E-state index is 12.1. The van der Waals surface area contributed by atoms with Crippen LogP contribution in [0.2, 0.25) is 0 Å². The normalized spacial score (nSPS) is 21.2. The van der Waals surface area contributed by atoms with E-state index in [-0.39, 0.29) is 5.91 Å². The number of piperidine rings is 1. The number of aromatic nitrogens is 1. The average Bonchev–Trinajstić information content (AvgIpc) is 3.08. The van der Waals surface area contributed by atoms with Crippen LogP contribution in [0.4, 0.5) is 0 Å². The van der Waals surface area contributed by atoms with Crippen LogP contribution < -0.4 is 5.32 Å². The molecule has 3 rings (SSSR count). The molecule has 98 valence electrons. The van der Waals surface area contributed by atoms with Crippen LogP contribution in [0.5, 0.6) is 0 Å². The minimum Gasteiger partial charge on any atom is -0.338 e. The number of carbonyl (C=O) groups is 1. The van der Waals surface area contributed by atoms with E-state index in [0.717, 1.165) is 36.7 Å². The summed E-state index contributed by atoms with van der Waals surface area (Å²) in [7, 11) is 0. The van der Waals surface area contributed by atoms with Gasteiger partial charge in [0.2, 0.25) is 0 Å². The van der Waals surface area contributed by atoms with E-state index < -0.39 is 0 Å². The fourth-order valence-corrected chi connectivity index (χ4v) is 3.01. The Bertz CT molecular complexity index is 394. The van der Waals surface area contributed by atoms with Gasteiger partial charge in [-0.2, -0.15) is 0 Å². The molecule has 1 aliphatic carbocycles. The van der Waals surface area contributed by atoms with Gasteiger partial charge < -0.3 is 10.2 Å². The fourth-order valence-electron chi connectivity index (χ4n) is 2.42. The number of amides is 1. The maximum absolute atomic E-state index is 12.1. The van der Waals surface area contributed by atoms with Gasteiger partial charge in [-0.1, -0.05) is 0 Å². The van der Waals surface area contributed by atoms with E-state index in [0.29, 0.717) is 6.04 Å². The second-order valence-electron chi connectivity index (χ2n) is 5.28. The smallest absolute Gasteiger partial charge is 0.265 e. The lowest BCUT2D eigenvalue weighted by Crippen LogP contribution is -2.45. The summed E-state index contributed by atoms with van der Waals surface area (Å²) in [4.78, 5) is 18.8. The molecule has 5 heteroatoms. The molecule has 0 aromatic carbocycles. The Morgan fingerprint density at radius 2 is 2.17 bits per heavy atom. The Morgan fingerprint density at radius 3 is 2.78 bits per heavy atom. The number of hydrogen-bond donors (Lipinski definition) is 1. The third kappa shape index (κ3) is 2.90.